The van der Waals surface area contributed by atoms with Gasteiger partial charge in [0.1, 0.15) is 11.5 Å². The molecule has 224 valence electrons. The monoisotopic (exact) mass is 589 g/mol. The van der Waals surface area contributed by atoms with Gasteiger partial charge < -0.3 is 30.4 Å². The Bertz CT molecular complexity index is 1800. The van der Waals surface area contributed by atoms with Gasteiger partial charge in [0.2, 0.25) is 5.91 Å². The van der Waals surface area contributed by atoms with Crippen LogP contribution in [0, 0.1) is 0 Å². The molecule has 5 N–H and O–H groups in total. The molecule has 5 aromatic rings. The van der Waals surface area contributed by atoms with E-state index < -0.39 is 6.04 Å². The van der Waals surface area contributed by atoms with Crippen molar-refractivity contribution < 1.29 is 19.4 Å². The molecule has 2 heterocycles. The first-order valence-corrected chi connectivity index (χ1v) is 14.5. The van der Waals surface area contributed by atoms with Crippen LogP contribution in [0.4, 0.5) is 5.69 Å². The minimum atomic E-state index is -0.452. The van der Waals surface area contributed by atoms with E-state index in [0.717, 1.165) is 38.9 Å². The van der Waals surface area contributed by atoms with Crippen molar-refractivity contribution in [1.82, 2.24) is 14.8 Å². The van der Waals surface area contributed by atoms with E-state index in [4.69, 9.17) is 10.5 Å². The Labute approximate surface area is 255 Å². The summed E-state index contributed by atoms with van der Waals surface area (Å²) in [4.78, 5) is 28.2. The molecule has 0 radical (unpaired) electrons. The summed E-state index contributed by atoms with van der Waals surface area (Å²) in [5.41, 5.74) is 12.6. The fraction of sp³-hybridized carbons (Fsp3) is 0.200. The number of methoxy groups -OCH3 is 1. The number of anilines is 1. The van der Waals surface area contributed by atoms with Crippen LogP contribution >= 0.6 is 0 Å². The zero-order valence-electron chi connectivity index (χ0n) is 24.7. The Balaban J connectivity index is 1.20. The Morgan fingerprint density at radius 1 is 1.02 bits per heavy atom. The molecular formula is C35H35N5O4. The molecule has 0 bridgehead atoms. The smallest absolute Gasteiger partial charge is 0.255 e. The van der Waals surface area contributed by atoms with Crippen LogP contribution in [0.15, 0.2) is 97.2 Å². The predicted molar refractivity (Wildman–Crippen MR) is 171 cm³/mol. The second-order valence-corrected chi connectivity index (χ2v) is 11.1. The number of hydrogen-bond acceptors (Lipinski definition) is 6. The van der Waals surface area contributed by atoms with E-state index in [0.29, 0.717) is 30.8 Å². The van der Waals surface area contributed by atoms with Gasteiger partial charge in [-0.25, -0.2) is 0 Å². The third-order valence-electron chi connectivity index (χ3n) is 8.07. The number of benzene rings is 4. The predicted octanol–water partition coefficient (Wildman–Crippen LogP) is 4.64. The molecule has 9 nitrogen and oxygen atoms in total. The summed E-state index contributed by atoms with van der Waals surface area (Å²) in [5, 5.41) is 16.8. The molecule has 0 unspecified atom stereocenters. The lowest BCUT2D eigenvalue weighted by Crippen LogP contribution is -2.63. The van der Waals surface area contributed by atoms with Crippen molar-refractivity contribution >= 4 is 28.4 Å². The van der Waals surface area contributed by atoms with E-state index in [9.17, 15) is 14.7 Å². The number of rotatable bonds is 8. The van der Waals surface area contributed by atoms with Gasteiger partial charge in [-0.15, -0.1) is 0 Å². The molecule has 9 heteroatoms. The number of carbonyl (C=O) groups is 2. The number of amides is 2. The van der Waals surface area contributed by atoms with Gasteiger partial charge in [-0.1, -0.05) is 42.5 Å². The molecule has 1 fully saturated rings. The Morgan fingerprint density at radius 2 is 1.75 bits per heavy atom. The first-order chi connectivity index (χ1) is 21.3. The summed E-state index contributed by atoms with van der Waals surface area (Å²) < 4.78 is 7.27. The van der Waals surface area contributed by atoms with E-state index in [2.05, 4.69) is 33.5 Å². The number of hydrogen-bond donors (Lipinski definition) is 4. The van der Waals surface area contributed by atoms with Gasteiger partial charge in [0, 0.05) is 48.5 Å². The fourth-order valence-electron chi connectivity index (χ4n) is 5.88. The summed E-state index contributed by atoms with van der Waals surface area (Å²) in [6, 6.07) is 27.3. The minimum Gasteiger partial charge on any atom is -0.508 e. The summed E-state index contributed by atoms with van der Waals surface area (Å²) in [6.07, 6.45) is 2.22. The molecule has 44 heavy (non-hydrogen) atoms. The number of para-hydroxylation sites is 1. The van der Waals surface area contributed by atoms with Gasteiger partial charge in [-0.2, -0.15) is 0 Å². The summed E-state index contributed by atoms with van der Waals surface area (Å²) in [5.74, 6) is 0.721. The Morgan fingerprint density at radius 3 is 2.45 bits per heavy atom. The van der Waals surface area contributed by atoms with Crippen molar-refractivity contribution in [2.75, 3.05) is 19.0 Å². The lowest BCUT2D eigenvalue weighted by atomic mass is 10.00. The number of aromatic hydroxyl groups is 1. The number of fused-ring (bicyclic) bond motifs is 1. The molecule has 1 aliphatic heterocycles. The maximum Gasteiger partial charge on any atom is 0.255 e. The number of nitrogens with one attached hydrogen (secondary N) is 2. The Kier molecular flexibility index (Phi) is 8.06. The van der Waals surface area contributed by atoms with Crippen molar-refractivity contribution in [2.45, 2.75) is 25.2 Å². The van der Waals surface area contributed by atoms with Crippen molar-refractivity contribution in [3.8, 4) is 22.6 Å². The summed E-state index contributed by atoms with van der Waals surface area (Å²) >= 11 is 0. The molecule has 0 saturated carbocycles. The van der Waals surface area contributed by atoms with Crippen LogP contribution < -0.4 is 21.1 Å². The molecule has 1 saturated heterocycles. The highest BCUT2D eigenvalue weighted by Gasteiger charge is 2.32. The van der Waals surface area contributed by atoms with Gasteiger partial charge in [0.05, 0.1) is 24.8 Å². The average molecular weight is 590 g/mol. The first kappa shape index (κ1) is 29.0. The summed E-state index contributed by atoms with van der Waals surface area (Å²) in [6.45, 7) is 0.831. The number of nitrogens with zero attached hydrogens (tertiary/aromatic N) is 2. The maximum absolute atomic E-state index is 13.5. The van der Waals surface area contributed by atoms with Crippen molar-refractivity contribution in [3.63, 3.8) is 0 Å². The van der Waals surface area contributed by atoms with Gasteiger partial charge >= 0.3 is 0 Å². The standard InChI is InChI=1S/C35H35N5O4/c1-39-20-30(23-8-10-24(11-9-23)34(42)37-26-12-16-28(44-2)17-13-26)29-5-3-4-25(33(29)39)19-40-21-32(36)38-31(35(40)43)18-22-6-14-27(41)15-7-22/h3-17,20,31-32,38,41H,18-19,21,36H2,1-2H3,(H,37,42)/t31-,32+/m0/s1. The second kappa shape index (κ2) is 12.2. The minimum absolute atomic E-state index is 0.00489. The highest BCUT2D eigenvalue weighted by Crippen LogP contribution is 2.33. The molecule has 0 aliphatic carbocycles. The first-order valence-electron chi connectivity index (χ1n) is 14.5. The van der Waals surface area contributed by atoms with E-state index >= 15 is 0 Å². The number of ether oxygens (including phenoxy) is 1. The van der Waals surface area contributed by atoms with Crippen LogP contribution in [-0.4, -0.2) is 52.3 Å². The van der Waals surface area contributed by atoms with Crippen LogP contribution in [0.1, 0.15) is 21.5 Å². The molecule has 6 rings (SSSR count). The van der Waals surface area contributed by atoms with Gasteiger partial charge in [-0.05, 0) is 71.6 Å². The highest BCUT2D eigenvalue weighted by atomic mass is 16.5. The molecular weight excluding hydrogens is 554 g/mol. The number of carbonyl (C=O) groups excluding carboxylic acids is 2. The second-order valence-electron chi connectivity index (χ2n) is 11.1. The lowest BCUT2D eigenvalue weighted by Gasteiger charge is -2.37. The van der Waals surface area contributed by atoms with Crippen LogP contribution in [0.3, 0.4) is 0 Å². The third kappa shape index (κ3) is 6.01. The summed E-state index contributed by atoms with van der Waals surface area (Å²) in [7, 11) is 3.61. The van der Waals surface area contributed by atoms with Crippen LogP contribution in [-0.2, 0) is 24.8 Å². The maximum atomic E-state index is 13.5. The van der Waals surface area contributed by atoms with Crippen LogP contribution in [0.2, 0.25) is 0 Å². The van der Waals surface area contributed by atoms with E-state index in [-0.39, 0.29) is 23.7 Å². The normalized spacial score (nSPS) is 16.7. The van der Waals surface area contributed by atoms with Crippen LogP contribution in [0.5, 0.6) is 11.5 Å². The Hall–Kier alpha value is -5.12. The average Bonchev–Trinajstić information content (AvgIpc) is 3.38. The molecule has 4 aromatic carbocycles. The number of aryl methyl sites for hydroxylation is 1. The zero-order valence-corrected chi connectivity index (χ0v) is 24.7. The highest BCUT2D eigenvalue weighted by molar-refractivity contribution is 6.05. The van der Waals surface area contributed by atoms with Gasteiger partial charge in [0.15, 0.2) is 0 Å². The molecule has 1 aromatic heterocycles. The number of phenolic OH excluding ortho intramolecular Hbond substituents is 1. The van der Waals surface area contributed by atoms with E-state index in [1.807, 2.05) is 54.4 Å². The SMILES string of the molecule is COc1ccc(NC(=O)c2ccc(-c3cn(C)c4c(CN5C[C@H](N)N[C@@H](Cc6ccc(O)cc6)C5=O)cccc34)cc2)cc1. The molecule has 1 aliphatic rings. The fourth-order valence-corrected chi connectivity index (χ4v) is 5.88. The third-order valence-corrected chi connectivity index (χ3v) is 8.07. The van der Waals surface area contributed by atoms with Crippen molar-refractivity contribution in [1.29, 1.82) is 0 Å². The topological polar surface area (TPSA) is 122 Å². The van der Waals surface area contributed by atoms with E-state index in [1.54, 1.807) is 43.5 Å². The van der Waals surface area contributed by atoms with Gasteiger partial charge in [-0.3, -0.25) is 14.9 Å². The molecule has 2 atom stereocenters. The molecule has 0 spiro atoms. The lowest BCUT2D eigenvalue weighted by molar-refractivity contribution is -0.137. The van der Waals surface area contributed by atoms with Crippen LogP contribution in [0.25, 0.3) is 22.0 Å². The number of piperazine rings is 1. The number of nitrogens with two attached hydrogens (primary N) is 1. The van der Waals surface area contributed by atoms with Crippen molar-refractivity contribution in [2.24, 2.45) is 12.8 Å². The number of phenols is 1. The molecule has 2 amide bonds. The number of aromatic nitrogens is 1. The quantitative estimate of drug-likeness (QED) is 0.209. The van der Waals surface area contributed by atoms with Crippen molar-refractivity contribution in [3.05, 3.63) is 114 Å². The van der Waals surface area contributed by atoms with E-state index in [1.165, 1.54) is 0 Å². The zero-order chi connectivity index (χ0) is 30.8. The van der Waals surface area contributed by atoms with Gasteiger partial charge in [0.25, 0.3) is 5.91 Å². The largest absolute Gasteiger partial charge is 0.508 e.